The van der Waals surface area contributed by atoms with Gasteiger partial charge in [-0.25, -0.2) is 4.79 Å². The maximum atomic E-state index is 12.4. The van der Waals surface area contributed by atoms with Gasteiger partial charge >= 0.3 is 5.69 Å². The number of benzene rings is 1. The average Bonchev–Trinajstić information content (AvgIpc) is 3.02. The van der Waals surface area contributed by atoms with Crippen molar-refractivity contribution in [3.8, 4) is 5.69 Å². The van der Waals surface area contributed by atoms with Crippen molar-refractivity contribution in [2.24, 2.45) is 11.5 Å². The van der Waals surface area contributed by atoms with E-state index in [1.54, 1.807) is 10.8 Å². The molecule has 26 heavy (non-hydrogen) atoms. The first-order chi connectivity index (χ1) is 12.4. The molecule has 138 valence electrons. The molecule has 7 nitrogen and oxygen atoms in total. The fourth-order valence-electron chi connectivity index (χ4n) is 2.76. The molecule has 1 aromatic carbocycles. The SMILES string of the molecule is CC(C)(N)c1cc2cn(-c3ccc(CNCCCN)cc3)c(=O)nc2[nH]1. The van der Waals surface area contributed by atoms with E-state index in [9.17, 15) is 4.79 Å². The largest absolute Gasteiger partial charge is 0.354 e. The zero-order valence-electron chi connectivity index (χ0n) is 15.2. The van der Waals surface area contributed by atoms with Crippen LogP contribution in [-0.2, 0) is 12.1 Å². The third-order valence-corrected chi connectivity index (χ3v) is 4.30. The highest BCUT2D eigenvalue weighted by Gasteiger charge is 2.18. The number of nitrogens with zero attached hydrogens (tertiary/aromatic N) is 2. The van der Waals surface area contributed by atoms with Gasteiger partial charge in [0.2, 0.25) is 0 Å². The number of hydrogen-bond donors (Lipinski definition) is 4. The number of H-pyrrole nitrogens is 1. The summed E-state index contributed by atoms with van der Waals surface area (Å²) in [6.45, 7) is 6.17. The number of rotatable bonds is 7. The molecule has 3 rings (SSSR count). The molecule has 0 unspecified atom stereocenters. The number of hydrogen-bond acceptors (Lipinski definition) is 5. The Hall–Kier alpha value is -2.48. The van der Waals surface area contributed by atoms with Gasteiger partial charge in [-0.05, 0) is 57.1 Å². The van der Waals surface area contributed by atoms with Gasteiger partial charge in [-0.3, -0.25) is 4.57 Å². The van der Waals surface area contributed by atoms with E-state index >= 15 is 0 Å². The van der Waals surface area contributed by atoms with Crippen LogP contribution in [-0.4, -0.2) is 27.6 Å². The Bertz CT molecular complexity index is 933. The van der Waals surface area contributed by atoms with Crippen molar-refractivity contribution in [3.05, 3.63) is 58.3 Å². The normalized spacial score (nSPS) is 12.0. The first-order valence-electron chi connectivity index (χ1n) is 8.80. The monoisotopic (exact) mass is 354 g/mol. The summed E-state index contributed by atoms with van der Waals surface area (Å²) in [7, 11) is 0. The second kappa shape index (κ2) is 7.41. The highest BCUT2D eigenvalue weighted by atomic mass is 16.1. The molecule has 6 N–H and O–H groups in total. The summed E-state index contributed by atoms with van der Waals surface area (Å²) < 4.78 is 1.55. The molecule has 0 aliphatic rings. The summed E-state index contributed by atoms with van der Waals surface area (Å²) in [4.78, 5) is 19.7. The van der Waals surface area contributed by atoms with Gasteiger partial charge in [-0.2, -0.15) is 4.98 Å². The third kappa shape index (κ3) is 4.01. The van der Waals surface area contributed by atoms with Crippen molar-refractivity contribution >= 4 is 11.0 Å². The van der Waals surface area contributed by atoms with Crippen LogP contribution < -0.4 is 22.5 Å². The fourth-order valence-corrected chi connectivity index (χ4v) is 2.76. The van der Waals surface area contributed by atoms with E-state index in [2.05, 4.69) is 15.3 Å². The van der Waals surface area contributed by atoms with Gasteiger partial charge in [0.15, 0.2) is 0 Å². The van der Waals surface area contributed by atoms with Crippen LogP contribution >= 0.6 is 0 Å². The predicted octanol–water partition coefficient (Wildman–Crippen LogP) is 1.35. The van der Waals surface area contributed by atoms with Crippen LogP contribution in [0.15, 0.2) is 41.3 Å². The Morgan fingerprint density at radius 2 is 2.00 bits per heavy atom. The Labute approximate surface area is 152 Å². The molecule has 2 heterocycles. The number of nitrogens with two attached hydrogens (primary N) is 2. The average molecular weight is 354 g/mol. The van der Waals surface area contributed by atoms with E-state index in [1.165, 1.54) is 0 Å². The van der Waals surface area contributed by atoms with Crippen LogP contribution in [0.5, 0.6) is 0 Å². The molecule has 0 amide bonds. The van der Waals surface area contributed by atoms with Crippen molar-refractivity contribution in [2.75, 3.05) is 13.1 Å². The molecule has 7 heteroatoms. The van der Waals surface area contributed by atoms with Gasteiger partial charge in [0.1, 0.15) is 5.65 Å². The minimum Gasteiger partial charge on any atom is -0.341 e. The number of fused-ring (bicyclic) bond motifs is 1. The van der Waals surface area contributed by atoms with Crippen LogP contribution in [0.1, 0.15) is 31.5 Å². The molecule has 0 saturated carbocycles. The lowest BCUT2D eigenvalue weighted by Gasteiger charge is -2.15. The summed E-state index contributed by atoms with van der Waals surface area (Å²) >= 11 is 0. The minimum absolute atomic E-state index is 0.324. The van der Waals surface area contributed by atoms with Crippen LogP contribution in [0.2, 0.25) is 0 Å². The molecule has 0 fully saturated rings. The quantitative estimate of drug-likeness (QED) is 0.478. The van der Waals surface area contributed by atoms with Gasteiger partial charge in [-0.1, -0.05) is 12.1 Å². The Balaban J connectivity index is 1.85. The second-order valence-electron chi connectivity index (χ2n) is 7.09. The summed E-state index contributed by atoms with van der Waals surface area (Å²) in [6, 6.07) is 9.80. The highest BCUT2D eigenvalue weighted by Crippen LogP contribution is 2.21. The lowest BCUT2D eigenvalue weighted by atomic mass is 10.0. The maximum Gasteiger partial charge on any atom is 0.354 e. The fraction of sp³-hybridized carbons (Fsp3) is 0.368. The molecule has 0 saturated heterocycles. The Morgan fingerprint density at radius 3 is 2.65 bits per heavy atom. The number of aromatic amines is 1. The Morgan fingerprint density at radius 1 is 1.27 bits per heavy atom. The van der Waals surface area contributed by atoms with Crippen LogP contribution in [0.25, 0.3) is 16.7 Å². The van der Waals surface area contributed by atoms with Gasteiger partial charge in [0.05, 0.1) is 11.2 Å². The maximum absolute atomic E-state index is 12.4. The van der Waals surface area contributed by atoms with Crippen LogP contribution in [0, 0.1) is 0 Å². The van der Waals surface area contributed by atoms with Crippen molar-refractivity contribution in [1.82, 2.24) is 19.9 Å². The van der Waals surface area contributed by atoms with Crippen LogP contribution in [0.4, 0.5) is 0 Å². The van der Waals surface area contributed by atoms with E-state index in [0.717, 1.165) is 41.8 Å². The van der Waals surface area contributed by atoms with Gasteiger partial charge in [0.25, 0.3) is 0 Å². The van der Waals surface area contributed by atoms with E-state index in [0.29, 0.717) is 12.2 Å². The molecular formula is C19H26N6O. The van der Waals surface area contributed by atoms with Gasteiger partial charge < -0.3 is 21.8 Å². The molecule has 2 aromatic heterocycles. The lowest BCUT2D eigenvalue weighted by molar-refractivity contribution is 0.539. The summed E-state index contributed by atoms with van der Waals surface area (Å²) in [5, 5.41) is 4.19. The van der Waals surface area contributed by atoms with E-state index in [-0.39, 0.29) is 5.69 Å². The molecule has 3 aromatic rings. The third-order valence-electron chi connectivity index (χ3n) is 4.30. The van der Waals surface area contributed by atoms with Gasteiger partial charge in [-0.15, -0.1) is 0 Å². The van der Waals surface area contributed by atoms with E-state index < -0.39 is 5.54 Å². The first kappa shape index (κ1) is 18.3. The Kier molecular flexibility index (Phi) is 5.22. The molecule has 0 atom stereocenters. The summed E-state index contributed by atoms with van der Waals surface area (Å²) in [6.07, 6.45) is 2.75. The first-order valence-corrected chi connectivity index (χ1v) is 8.80. The lowest BCUT2D eigenvalue weighted by Crippen LogP contribution is -2.28. The molecule has 0 bridgehead atoms. The van der Waals surface area contributed by atoms with Gasteiger partial charge in [0, 0.05) is 23.8 Å². The molecule has 0 spiro atoms. The molecule has 0 radical (unpaired) electrons. The van der Waals surface area contributed by atoms with Crippen molar-refractivity contribution in [1.29, 1.82) is 0 Å². The predicted molar refractivity (Wildman–Crippen MR) is 104 cm³/mol. The smallest absolute Gasteiger partial charge is 0.341 e. The summed E-state index contributed by atoms with van der Waals surface area (Å²) in [5.74, 6) is 0. The molecule has 0 aliphatic carbocycles. The topological polar surface area (TPSA) is 115 Å². The number of nitrogens with one attached hydrogen (secondary N) is 2. The van der Waals surface area contributed by atoms with E-state index in [4.69, 9.17) is 11.5 Å². The molecular weight excluding hydrogens is 328 g/mol. The summed E-state index contributed by atoms with van der Waals surface area (Å²) in [5.41, 5.74) is 14.1. The second-order valence-corrected chi connectivity index (χ2v) is 7.09. The standard InChI is InChI=1S/C19H26N6O/c1-19(2,21)16-10-14-12-25(18(26)24-17(14)23-16)15-6-4-13(5-7-15)11-22-9-3-8-20/h4-7,10,12,22H,3,8-9,11,20-21H2,1-2H3,(H,23,24,26). The van der Waals surface area contributed by atoms with Crippen molar-refractivity contribution in [2.45, 2.75) is 32.4 Å². The van der Waals surface area contributed by atoms with Crippen molar-refractivity contribution in [3.63, 3.8) is 0 Å². The highest BCUT2D eigenvalue weighted by molar-refractivity contribution is 5.76. The van der Waals surface area contributed by atoms with Crippen molar-refractivity contribution < 1.29 is 0 Å². The zero-order valence-corrected chi connectivity index (χ0v) is 15.2. The van der Waals surface area contributed by atoms with Crippen LogP contribution in [0.3, 0.4) is 0 Å². The minimum atomic E-state index is -0.521. The van der Waals surface area contributed by atoms with E-state index in [1.807, 2.05) is 44.2 Å². The number of aromatic nitrogens is 3. The molecule has 0 aliphatic heterocycles. The zero-order chi connectivity index (χ0) is 18.7.